The number of hydrazine groups is 1. The molecule has 2 rings (SSSR count). The van der Waals surface area contributed by atoms with Crippen molar-refractivity contribution in [3.63, 3.8) is 0 Å². The van der Waals surface area contributed by atoms with E-state index in [0.717, 1.165) is 17.5 Å². The lowest BCUT2D eigenvalue weighted by atomic mass is 10.1. The molecule has 7 heteroatoms. The zero-order valence-electron chi connectivity index (χ0n) is 16.0. The van der Waals surface area contributed by atoms with E-state index >= 15 is 0 Å². The highest BCUT2D eigenvalue weighted by Gasteiger charge is 2.11. The van der Waals surface area contributed by atoms with Crippen LogP contribution in [-0.2, 0) is 4.79 Å². The molecule has 0 aliphatic heterocycles. The number of amides is 2. The number of carbonyl (C=O) groups excluding carboxylic acids is 2. The molecule has 0 fully saturated rings. The Morgan fingerprint density at radius 1 is 1.11 bits per heavy atom. The fourth-order valence-corrected chi connectivity index (χ4v) is 2.45. The predicted molar refractivity (Wildman–Crippen MR) is 110 cm³/mol. The van der Waals surface area contributed by atoms with Gasteiger partial charge in [0.2, 0.25) is 0 Å². The molecule has 0 atom stereocenters. The number of halogens is 1. The molecule has 0 aliphatic carbocycles. The minimum absolute atomic E-state index is 0.329. The normalized spacial score (nSPS) is 10.6. The van der Waals surface area contributed by atoms with Gasteiger partial charge in [-0.05, 0) is 54.8 Å². The fraction of sp³-hybridized carbons (Fsp3) is 0.238. The molecule has 0 bridgehead atoms. The summed E-state index contributed by atoms with van der Waals surface area (Å²) >= 11 is 6.05. The zero-order valence-corrected chi connectivity index (χ0v) is 16.8. The quantitative estimate of drug-likeness (QED) is 0.543. The van der Waals surface area contributed by atoms with Crippen molar-refractivity contribution in [2.24, 2.45) is 0 Å². The molecule has 0 spiro atoms. The van der Waals surface area contributed by atoms with E-state index in [1.54, 1.807) is 30.3 Å². The van der Waals surface area contributed by atoms with Crippen LogP contribution >= 0.6 is 11.6 Å². The molecular formula is C21H23ClN2O4. The Hall–Kier alpha value is -2.99. The van der Waals surface area contributed by atoms with Crippen LogP contribution < -0.4 is 20.3 Å². The van der Waals surface area contributed by atoms with Gasteiger partial charge in [-0.25, -0.2) is 0 Å². The lowest BCUT2D eigenvalue weighted by Gasteiger charge is -2.12. The van der Waals surface area contributed by atoms with Crippen molar-refractivity contribution in [2.75, 3.05) is 13.7 Å². The van der Waals surface area contributed by atoms with Crippen molar-refractivity contribution in [3.05, 3.63) is 64.2 Å². The van der Waals surface area contributed by atoms with Crippen molar-refractivity contribution >= 4 is 29.5 Å². The Kier molecular flexibility index (Phi) is 7.89. The second kappa shape index (κ2) is 10.4. The van der Waals surface area contributed by atoms with Crippen LogP contribution in [0.4, 0.5) is 0 Å². The minimum Gasteiger partial charge on any atom is -0.493 e. The predicted octanol–water partition coefficient (Wildman–Crippen LogP) is 3.92. The van der Waals surface area contributed by atoms with Crippen molar-refractivity contribution in [1.82, 2.24) is 10.9 Å². The topological polar surface area (TPSA) is 76.7 Å². The molecule has 6 nitrogen and oxygen atoms in total. The number of ether oxygens (including phenoxy) is 2. The van der Waals surface area contributed by atoms with Crippen LogP contribution in [0.1, 0.15) is 34.8 Å². The number of methoxy groups -OCH3 is 1. The summed E-state index contributed by atoms with van der Waals surface area (Å²) in [6, 6.07) is 10.3. The van der Waals surface area contributed by atoms with Gasteiger partial charge in [-0.1, -0.05) is 30.7 Å². The van der Waals surface area contributed by atoms with Gasteiger partial charge >= 0.3 is 0 Å². The summed E-state index contributed by atoms with van der Waals surface area (Å²) in [7, 11) is 1.50. The zero-order chi connectivity index (χ0) is 20.5. The number of aryl methyl sites for hydroxylation is 1. The smallest absolute Gasteiger partial charge is 0.269 e. The third-order valence-electron chi connectivity index (χ3n) is 3.81. The van der Waals surface area contributed by atoms with Crippen molar-refractivity contribution < 1.29 is 19.1 Å². The summed E-state index contributed by atoms with van der Waals surface area (Å²) in [6.45, 7) is 4.45. The maximum atomic E-state index is 12.2. The van der Waals surface area contributed by atoms with Crippen molar-refractivity contribution in [2.45, 2.75) is 20.3 Å². The maximum absolute atomic E-state index is 12.2. The summed E-state index contributed by atoms with van der Waals surface area (Å²) in [5.41, 5.74) is 6.76. The summed E-state index contributed by atoms with van der Waals surface area (Å²) in [5, 5.41) is 0.621. The molecule has 0 radical (unpaired) electrons. The highest BCUT2D eigenvalue weighted by atomic mass is 35.5. The van der Waals surface area contributed by atoms with Crippen molar-refractivity contribution in [3.8, 4) is 11.5 Å². The van der Waals surface area contributed by atoms with E-state index in [0.29, 0.717) is 28.7 Å². The molecule has 0 aromatic heterocycles. The fourth-order valence-electron chi connectivity index (χ4n) is 2.26. The van der Waals surface area contributed by atoms with E-state index in [1.165, 1.54) is 13.2 Å². The van der Waals surface area contributed by atoms with Crippen LogP contribution in [-0.4, -0.2) is 25.5 Å². The van der Waals surface area contributed by atoms with E-state index in [2.05, 4.69) is 10.9 Å². The highest BCUT2D eigenvalue weighted by Crippen LogP contribution is 2.28. The molecule has 2 N–H and O–H groups in total. The second-order valence-electron chi connectivity index (χ2n) is 6.00. The Morgan fingerprint density at radius 2 is 1.89 bits per heavy atom. The van der Waals surface area contributed by atoms with Gasteiger partial charge in [0, 0.05) is 16.7 Å². The minimum atomic E-state index is -0.472. The summed E-state index contributed by atoms with van der Waals surface area (Å²) in [4.78, 5) is 24.1. The molecule has 28 heavy (non-hydrogen) atoms. The van der Waals surface area contributed by atoms with Crippen LogP contribution in [0.25, 0.3) is 6.08 Å². The molecule has 0 saturated carbocycles. The average Bonchev–Trinajstić information content (AvgIpc) is 2.71. The third-order valence-corrected chi connectivity index (χ3v) is 4.22. The Morgan fingerprint density at radius 3 is 2.57 bits per heavy atom. The van der Waals surface area contributed by atoms with Gasteiger partial charge in [0.1, 0.15) is 0 Å². The summed E-state index contributed by atoms with van der Waals surface area (Å²) < 4.78 is 10.8. The molecule has 0 aliphatic rings. The third kappa shape index (κ3) is 6.03. The molecular weight excluding hydrogens is 380 g/mol. The molecule has 2 aromatic rings. The Bertz CT molecular complexity index is 881. The van der Waals surface area contributed by atoms with Gasteiger partial charge in [-0.2, -0.15) is 0 Å². The monoisotopic (exact) mass is 402 g/mol. The van der Waals surface area contributed by atoms with Crippen LogP contribution in [0, 0.1) is 6.92 Å². The van der Waals surface area contributed by atoms with Gasteiger partial charge in [0.25, 0.3) is 11.8 Å². The number of rotatable bonds is 7. The maximum Gasteiger partial charge on any atom is 0.269 e. The Labute approximate surface area is 169 Å². The van der Waals surface area contributed by atoms with Crippen LogP contribution in [0.3, 0.4) is 0 Å². The number of benzene rings is 2. The first-order chi connectivity index (χ1) is 13.4. The number of nitrogens with one attached hydrogen (secondary N) is 2. The van der Waals surface area contributed by atoms with Gasteiger partial charge in [0.05, 0.1) is 13.7 Å². The van der Waals surface area contributed by atoms with Gasteiger partial charge in [0.15, 0.2) is 11.5 Å². The van der Waals surface area contributed by atoms with Crippen molar-refractivity contribution in [1.29, 1.82) is 0 Å². The summed E-state index contributed by atoms with van der Waals surface area (Å²) in [6.07, 6.45) is 3.78. The van der Waals surface area contributed by atoms with E-state index in [1.807, 2.05) is 26.0 Å². The summed E-state index contributed by atoms with van der Waals surface area (Å²) in [5.74, 6) is 0.0635. The first kappa shape index (κ1) is 21.3. The first-order valence-electron chi connectivity index (χ1n) is 8.80. The van der Waals surface area contributed by atoms with Gasteiger partial charge in [-0.3, -0.25) is 20.4 Å². The van der Waals surface area contributed by atoms with Crippen LogP contribution in [0.5, 0.6) is 11.5 Å². The largest absolute Gasteiger partial charge is 0.493 e. The second-order valence-corrected chi connectivity index (χ2v) is 6.41. The standard InChI is InChI=1S/C21H23ClN2O4/c1-4-11-28-18-9-8-16(13-19(18)27-3)21(26)24-23-20(25)10-7-15-6-5-14(2)17(22)12-15/h5-10,12-13H,4,11H2,1-3H3,(H,23,25)(H,24,26)/b10-7+. The van der Waals surface area contributed by atoms with E-state index in [4.69, 9.17) is 21.1 Å². The lowest BCUT2D eigenvalue weighted by molar-refractivity contribution is -0.117. The molecule has 0 heterocycles. The first-order valence-corrected chi connectivity index (χ1v) is 9.17. The van der Waals surface area contributed by atoms with Crippen LogP contribution in [0.15, 0.2) is 42.5 Å². The number of carbonyl (C=O) groups is 2. The van der Waals surface area contributed by atoms with E-state index < -0.39 is 11.8 Å². The molecule has 2 amide bonds. The highest BCUT2D eigenvalue weighted by molar-refractivity contribution is 6.31. The molecule has 0 saturated heterocycles. The number of hydrogen-bond acceptors (Lipinski definition) is 4. The van der Waals surface area contributed by atoms with E-state index in [9.17, 15) is 9.59 Å². The SMILES string of the molecule is CCCOc1ccc(C(=O)NNC(=O)/C=C/c2ccc(C)c(Cl)c2)cc1OC. The lowest BCUT2D eigenvalue weighted by Crippen LogP contribution is -2.40. The van der Waals surface area contributed by atoms with Gasteiger partial charge < -0.3 is 9.47 Å². The van der Waals surface area contributed by atoms with E-state index in [-0.39, 0.29) is 0 Å². The molecule has 2 aromatic carbocycles. The van der Waals surface area contributed by atoms with Gasteiger partial charge in [-0.15, -0.1) is 0 Å². The molecule has 0 unspecified atom stereocenters. The van der Waals surface area contributed by atoms with Crippen LogP contribution in [0.2, 0.25) is 5.02 Å². The Balaban J connectivity index is 1.94. The molecule has 148 valence electrons. The average molecular weight is 403 g/mol. The number of hydrogen-bond donors (Lipinski definition) is 2.